The Labute approximate surface area is 99.6 Å². The lowest BCUT2D eigenvalue weighted by Crippen LogP contribution is -2.10. The van der Waals surface area contributed by atoms with Gasteiger partial charge in [-0.15, -0.1) is 11.3 Å². The minimum absolute atomic E-state index is 0.129. The van der Waals surface area contributed by atoms with Crippen LogP contribution in [0, 0.1) is 0 Å². The summed E-state index contributed by atoms with van der Waals surface area (Å²) < 4.78 is 6.20. The summed E-state index contributed by atoms with van der Waals surface area (Å²) in [4.78, 5) is 4.29. The molecule has 1 atom stereocenters. The predicted octanol–water partition coefficient (Wildman–Crippen LogP) is 2.62. The van der Waals surface area contributed by atoms with E-state index in [4.69, 9.17) is 10.3 Å². The lowest BCUT2D eigenvalue weighted by atomic mass is 10.2. The van der Waals surface area contributed by atoms with Crippen LogP contribution in [0.2, 0.25) is 0 Å². The molecule has 0 spiro atoms. The van der Waals surface area contributed by atoms with Crippen LogP contribution in [0.3, 0.4) is 0 Å². The zero-order valence-electron chi connectivity index (χ0n) is 8.11. The highest BCUT2D eigenvalue weighted by Gasteiger charge is 2.14. The number of nitrogens with zero attached hydrogens (tertiary/aromatic N) is 2. The maximum Gasteiger partial charge on any atom is 0.258 e. The lowest BCUT2D eigenvalue weighted by Gasteiger charge is -1.98. The first kappa shape index (κ1) is 10.8. The molecule has 0 aliphatic heterocycles. The number of thiophene rings is 1. The molecule has 1 unspecified atom stereocenters. The van der Waals surface area contributed by atoms with Crippen LogP contribution >= 0.6 is 27.3 Å². The smallest absolute Gasteiger partial charge is 0.258 e. The van der Waals surface area contributed by atoms with E-state index in [9.17, 15) is 0 Å². The highest BCUT2D eigenvalue weighted by Crippen LogP contribution is 2.28. The van der Waals surface area contributed by atoms with Crippen LogP contribution in [0.1, 0.15) is 18.7 Å². The Hall–Kier alpha value is -0.720. The SMILES string of the molecule is CC(CN)c1noc(-c2csc(Br)c2)n1. The van der Waals surface area contributed by atoms with Crippen LogP contribution in [0.15, 0.2) is 19.8 Å². The van der Waals surface area contributed by atoms with Gasteiger partial charge in [0.1, 0.15) is 0 Å². The first-order valence-electron chi connectivity index (χ1n) is 4.48. The highest BCUT2D eigenvalue weighted by molar-refractivity contribution is 9.11. The zero-order valence-corrected chi connectivity index (χ0v) is 10.5. The monoisotopic (exact) mass is 287 g/mol. The molecule has 0 bridgehead atoms. The number of hydrogen-bond donors (Lipinski definition) is 1. The van der Waals surface area contributed by atoms with Gasteiger partial charge in [-0.2, -0.15) is 4.98 Å². The van der Waals surface area contributed by atoms with E-state index in [0.29, 0.717) is 18.3 Å². The minimum atomic E-state index is 0.129. The second-order valence-electron chi connectivity index (χ2n) is 3.23. The fourth-order valence-corrected chi connectivity index (χ4v) is 2.21. The van der Waals surface area contributed by atoms with Gasteiger partial charge in [0.05, 0.1) is 9.35 Å². The second-order valence-corrected chi connectivity index (χ2v) is 5.52. The molecule has 15 heavy (non-hydrogen) atoms. The summed E-state index contributed by atoms with van der Waals surface area (Å²) in [7, 11) is 0. The maximum atomic E-state index is 5.53. The molecule has 6 heteroatoms. The van der Waals surface area contributed by atoms with Crippen molar-refractivity contribution in [3.8, 4) is 11.5 Å². The summed E-state index contributed by atoms with van der Waals surface area (Å²) in [5.74, 6) is 1.34. The van der Waals surface area contributed by atoms with E-state index in [1.165, 1.54) is 0 Å². The van der Waals surface area contributed by atoms with Crippen molar-refractivity contribution in [2.75, 3.05) is 6.54 Å². The van der Waals surface area contributed by atoms with Gasteiger partial charge < -0.3 is 10.3 Å². The van der Waals surface area contributed by atoms with Gasteiger partial charge in [0.25, 0.3) is 5.89 Å². The summed E-state index contributed by atoms with van der Waals surface area (Å²) in [6, 6.07) is 1.95. The molecule has 80 valence electrons. The van der Waals surface area contributed by atoms with Crippen molar-refractivity contribution in [1.29, 1.82) is 0 Å². The first-order chi connectivity index (χ1) is 7.20. The van der Waals surface area contributed by atoms with Gasteiger partial charge in [-0.1, -0.05) is 12.1 Å². The number of aromatic nitrogens is 2. The predicted molar refractivity (Wildman–Crippen MR) is 62.8 cm³/mol. The number of halogens is 1. The Balaban J connectivity index is 2.27. The molecule has 4 nitrogen and oxygen atoms in total. The summed E-state index contributed by atoms with van der Waals surface area (Å²) in [6.07, 6.45) is 0. The van der Waals surface area contributed by atoms with Crippen molar-refractivity contribution < 1.29 is 4.52 Å². The van der Waals surface area contributed by atoms with E-state index in [-0.39, 0.29) is 5.92 Å². The maximum absolute atomic E-state index is 5.53. The Morgan fingerprint density at radius 1 is 1.67 bits per heavy atom. The molecule has 2 N–H and O–H groups in total. The molecule has 0 saturated carbocycles. The van der Waals surface area contributed by atoms with Crippen molar-refractivity contribution in [2.24, 2.45) is 5.73 Å². The fraction of sp³-hybridized carbons (Fsp3) is 0.333. The largest absolute Gasteiger partial charge is 0.334 e. The minimum Gasteiger partial charge on any atom is -0.334 e. The van der Waals surface area contributed by atoms with Crippen molar-refractivity contribution in [3.63, 3.8) is 0 Å². The molecule has 2 heterocycles. The Morgan fingerprint density at radius 2 is 2.47 bits per heavy atom. The van der Waals surface area contributed by atoms with Crippen molar-refractivity contribution in [1.82, 2.24) is 10.1 Å². The topological polar surface area (TPSA) is 64.9 Å². The molecule has 2 rings (SSSR count). The normalized spacial score (nSPS) is 13.0. The Morgan fingerprint density at radius 3 is 3.07 bits per heavy atom. The molecule has 2 aromatic heterocycles. The molecule has 0 aliphatic carbocycles. The Kier molecular flexibility index (Phi) is 3.18. The third-order valence-electron chi connectivity index (χ3n) is 2.05. The molecule has 0 aromatic carbocycles. The van der Waals surface area contributed by atoms with Crippen molar-refractivity contribution >= 4 is 27.3 Å². The van der Waals surface area contributed by atoms with Crippen LogP contribution in [0.5, 0.6) is 0 Å². The molecule has 0 fully saturated rings. The van der Waals surface area contributed by atoms with Crippen molar-refractivity contribution in [3.05, 3.63) is 21.1 Å². The van der Waals surface area contributed by atoms with Gasteiger partial charge in [0, 0.05) is 17.8 Å². The third-order valence-corrected chi connectivity index (χ3v) is 3.55. The van der Waals surface area contributed by atoms with E-state index in [2.05, 4.69) is 26.1 Å². The quantitative estimate of drug-likeness (QED) is 0.943. The molecular weight excluding hydrogens is 278 g/mol. The molecule has 0 saturated heterocycles. The van der Waals surface area contributed by atoms with Crippen LogP contribution in [-0.2, 0) is 0 Å². The summed E-state index contributed by atoms with van der Waals surface area (Å²) in [6.45, 7) is 2.49. The van der Waals surface area contributed by atoms with Gasteiger partial charge in [-0.25, -0.2) is 0 Å². The van der Waals surface area contributed by atoms with Crippen molar-refractivity contribution in [2.45, 2.75) is 12.8 Å². The van der Waals surface area contributed by atoms with E-state index >= 15 is 0 Å². The second kappa shape index (κ2) is 4.42. The molecule has 0 amide bonds. The average molecular weight is 288 g/mol. The lowest BCUT2D eigenvalue weighted by molar-refractivity contribution is 0.418. The average Bonchev–Trinajstić information content (AvgIpc) is 2.84. The van der Waals surface area contributed by atoms with E-state index in [1.54, 1.807) is 11.3 Å². The number of nitrogens with two attached hydrogens (primary N) is 1. The molecule has 0 aliphatic rings. The highest BCUT2D eigenvalue weighted by atomic mass is 79.9. The van der Waals surface area contributed by atoms with Gasteiger partial charge in [-0.05, 0) is 22.0 Å². The van der Waals surface area contributed by atoms with Crippen LogP contribution in [-0.4, -0.2) is 16.7 Å². The molecule has 0 radical (unpaired) electrons. The van der Waals surface area contributed by atoms with Gasteiger partial charge in [-0.3, -0.25) is 0 Å². The van der Waals surface area contributed by atoms with Crippen LogP contribution in [0.25, 0.3) is 11.5 Å². The first-order valence-corrected chi connectivity index (χ1v) is 6.16. The number of rotatable bonds is 3. The van der Waals surface area contributed by atoms with Crippen LogP contribution < -0.4 is 5.73 Å². The summed E-state index contributed by atoms with van der Waals surface area (Å²) in [5.41, 5.74) is 6.47. The molecule has 2 aromatic rings. The Bertz CT molecular complexity index is 454. The van der Waals surface area contributed by atoms with E-state index < -0.39 is 0 Å². The summed E-state index contributed by atoms with van der Waals surface area (Å²) >= 11 is 4.97. The summed E-state index contributed by atoms with van der Waals surface area (Å²) in [5, 5.41) is 5.86. The van der Waals surface area contributed by atoms with Crippen LogP contribution in [0.4, 0.5) is 0 Å². The zero-order chi connectivity index (χ0) is 10.8. The fourth-order valence-electron chi connectivity index (χ4n) is 1.08. The number of hydrogen-bond acceptors (Lipinski definition) is 5. The van der Waals surface area contributed by atoms with Gasteiger partial charge in [0.15, 0.2) is 5.82 Å². The van der Waals surface area contributed by atoms with Gasteiger partial charge in [0.2, 0.25) is 0 Å². The third kappa shape index (κ3) is 2.27. The standard InChI is InChI=1S/C9H10BrN3OS/c1-5(3-11)8-12-9(14-13-8)6-2-7(10)15-4-6/h2,4-5H,3,11H2,1H3. The van der Waals surface area contributed by atoms with E-state index in [1.807, 2.05) is 18.4 Å². The van der Waals surface area contributed by atoms with E-state index in [0.717, 1.165) is 9.35 Å². The molecular formula is C9H10BrN3OS. The van der Waals surface area contributed by atoms with Gasteiger partial charge >= 0.3 is 0 Å².